The van der Waals surface area contributed by atoms with Gasteiger partial charge in [0.25, 0.3) is 5.91 Å². The molecule has 1 unspecified atom stereocenters. The largest absolute Gasteiger partial charge is 0.493 e. The third kappa shape index (κ3) is 3.66. The molecule has 1 atom stereocenters. The van der Waals surface area contributed by atoms with Crippen LogP contribution in [0.4, 0.5) is 0 Å². The molecule has 0 bridgehead atoms. The smallest absolute Gasteiger partial charge is 0.287 e. The van der Waals surface area contributed by atoms with Crippen molar-refractivity contribution >= 4 is 40.0 Å². The number of rotatable bonds is 5. The minimum absolute atomic E-state index is 0.0848. The second kappa shape index (κ2) is 7.97. The number of carbonyl (C=O) groups is 1. The van der Waals surface area contributed by atoms with Crippen LogP contribution in [0.1, 0.15) is 34.1 Å². The lowest BCUT2D eigenvalue weighted by Crippen LogP contribution is -2.32. The average Bonchev–Trinajstić information content (AvgIpc) is 3.40. The fourth-order valence-corrected chi connectivity index (χ4v) is 5.44. The Labute approximate surface area is 176 Å². The average molecular weight is 422 g/mol. The van der Waals surface area contributed by atoms with Crippen molar-refractivity contribution in [2.75, 3.05) is 6.61 Å². The molecule has 146 valence electrons. The Morgan fingerprint density at radius 3 is 2.86 bits per heavy atom. The number of ether oxygens (including phenoxy) is 1. The first kappa shape index (κ1) is 18.3. The summed E-state index contributed by atoms with van der Waals surface area (Å²) in [6.45, 7) is 0.586. The van der Waals surface area contributed by atoms with Crippen LogP contribution in [-0.4, -0.2) is 12.5 Å². The van der Waals surface area contributed by atoms with Gasteiger partial charge in [-0.2, -0.15) is 0 Å². The van der Waals surface area contributed by atoms with Gasteiger partial charge in [0.1, 0.15) is 11.3 Å². The fraction of sp³-hybridized carbons (Fsp3) is 0.174. The number of furan rings is 1. The van der Waals surface area contributed by atoms with E-state index in [2.05, 4.69) is 16.8 Å². The summed E-state index contributed by atoms with van der Waals surface area (Å²) in [6, 6.07) is 19.7. The number of hydrogen-bond acceptors (Lipinski definition) is 5. The van der Waals surface area contributed by atoms with E-state index in [4.69, 9.17) is 9.15 Å². The van der Waals surface area contributed by atoms with E-state index in [1.54, 1.807) is 23.1 Å². The molecule has 3 heterocycles. The van der Waals surface area contributed by atoms with E-state index in [1.807, 2.05) is 54.6 Å². The number of para-hydroxylation sites is 2. The van der Waals surface area contributed by atoms with E-state index in [0.29, 0.717) is 18.1 Å². The molecule has 0 saturated heterocycles. The van der Waals surface area contributed by atoms with Gasteiger partial charge in [0.05, 0.1) is 16.9 Å². The quantitative estimate of drug-likeness (QED) is 0.399. The van der Waals surface area contributed by atoms with Gasteiger partial charge in [-0.25, -0.2) is 0 Å². The first-order valence-electron chi connectivity index (χ1n) is 9.49. The van der Waals surface area contributed by atoms with Gasteiger partial charge in [0.2, 0.25) is 0 Å². The minimum Gasteiger partial charge on any atom is -0.493 e. The van der Waals surface area contributed by atoms with Gasteiger partial charge in [-0.15, -0.1) is 23.1 Å². The molecule has 0 radical (unpaired) electrons. The highest BCUT2D eigenvalue weighted by Crippen LogP contribution is 2.35. The molecular weight excluding hydrogens is 402 g/mol. The fourth-order valence-electron chi connectivity index (χ4n) is 3.63. The van der Waals surface area contributed by atoms with E-state index in [9.17, 15) is 4.79 Å². The summed E-state index contributed by atoms with van der Waals surface area (Å²) in [7, 11) is 0. The summed E-state index contributed by atoms with van der Waals surface area (Å²) < 4.78 is 12.9. The first-order chi connectivity index (χ1) is 14.3. The standard InChI is InChI=1S/C23H19NO3S2/c25-23(24-18-11-12-26-19-8-3-2-7-16(18)19)22-17(14-29-21-10-5-13-28-21)15-6-1-4-9-20(15)27-22/h1-10,13,18H,11-12,14H2,(H,24,25). The van der Waals surface area contributed by atoms with Crippen LogP contribution in [0.25, 0.3) is 11.0 Å². The van der Waals surface area contributed by atoms with Gasteiger partial charge in [-0.1, -0.05) is 42.5 Å². The number of thioether (sulfide) groups is 1. The van der Waals surface area contributed by atoms with Crippen LogP contribution in [0.15, 0.2) is 74.7 Å². The molecule has 4 aromatic rings. The second-order valence-corrected chi connectivity index (χ2v) is 9.05. The highest BCUT2D eigenvalue weighted by Gasteiger charge is 2.27. The molecule has 0 spiro atoms. The van der Waals surface area contributed by atoms with Crippen LogP contribution in [0.5, 0.6) is 5.75 Å². The van der Waals surface area contributed by atoms with Crippen molar-refractivity contribution in [1.82, 2.24) is 5.32 Å². The van der Waals surface area contributed by atoms with Gasteiger partial charge in [-0.3, -0.25) is 4.79 Å². The normalized spacial score (nSPS) is 15.7. The predicted octanol–water partition coefficient (Wildman–Crippen LogP) is 6.04. The monoisotopic (exact) mass is 421 g/mol. The molecule has 5 rings (SSSR count). The topological polar surface area (TPSA) is 51.5 Å². The maximum absolute atomic E-state index is 13.2. The lowest BCUT2D eigenvalue weighted by Gasteiger charge is -2.26. The van der Waals surface area contributed by atoms with Crippen molar-refractivity contribution < 1.29 is 13.9 Å². The molecule has 0 aliphatic carbocycles. The van der Waals surface area contributed by atoms with Crippen LogP contribution < -0.4 is 10.1 Å². The Morgan fingerprint density at radius 2 is 1.97 bits per heavy atom. The lowest BCUT2D eigenvalue weighted by atomic mass is 10.0. The van der Waals surface area contributed by atoms with Gasteiger partial charge in [-0.05, 0) is 23.6 Å². The molecule has 1 aliphatic rings. The predicted molar refractivity (Wildman–Crippen MR) is 117 cm³/mol. The van der Waals surface area contributed by atoms with E-state index < -0.39 is 0 Å². The molecule has 29 heavy (non-hydrogen) atoms. The summed E-state index contributed by atoms with van der Waals surface area (Å²) in [5.74, 6) is 1.75. The molecule has 0 fully saturated rings. The molecule has 2 aromatic heterocycles. The van der Waals surface area contributed by atoms with Crippen LogP contribution in [-0.2, 0) is 5.75 Å². The summed E-state index contributed by atoms with van der Waals surface area (Å²) in [4.78, 5) is 13.2. The van der Waals surface area contributed by atoms with Gasteiger partial charge < -0.3 is 14.5 Å². The zero-order valence-corrected chi connectivity index (χ0v) is 17.2. The molecular formula is C23H19NO3S2. The van der Waals surface area contributed by atoms with Crippen molar-refractivity contribution in [1.29, 1.82) is 0 Å². The number of nitrogens with one attached hydrogen (secondary N) is 1. The molecule has 1 aliphatic heterocycles. The third-order valence-electron chi connectivity index (χ3n) is 5.02. The number of carbonyl (C=O) groups excluding carboxylic acids is 1. The Hall–Kier alpha value is -2.70. The zero-order valence-electron chi connectivity index (χ0n) is 15.6. The Kier molecular flexibility index (Phi) is 5.04. The van der Waals surface area contributed by atoms with Crippen molar-refractivity contribution in [3.63, 3.8) is 0 Å². The Balaban J connectivity index is 1.45. The van der Waals surface area contributed by atoms with Crippen LogP contribution in [0.2, 0.25) is 0 Å². The summed E-state index contributed by atoms with van der Waals surface area (Å²) in [6.07, 6.45) is 0.738. The van der Waals surface area contributed by atoms with Gasteiger partial charge >= 0.3 is 0 Å². The van der Waals surface area contributed by atoms with Crippen molar-refractivity contribution in [3.05, 3.63) is 82.9 Å². The highest BCUT2D eigenvalue weighted by molar-refractivity contribution is 8.00. The third-order valence-corrected chi connectivity index (χ3v) is 7.18. The zero-order chi connectivity index (χ0) is 19.6. The Morgan fingerprint density at radius 1 is 1.10 bits per heavy atom. The number of amides is 1. The second-order valence-electron chi connectivity index (χ2n) is 6.83. The summed E-state index contributed by atoms with van der Waals surface area (Å²) >= 11 is 3.43. The number of thiophene rings is 1. The molecule has 1 N–H and O–H groups in total. The van der Waals surface area contributed by atoms with E-state index in [-0.39, 0.29) is 11.9 Å². The van der Waals surface area contributed by atoms with Gasteiger partial charge in [0.15, 0.2) is 5.76 Å². The lowest BCUT2D eigenvalue weighted by molar-refractivity contribution is 0.0898. The number of hydrogen-bond donors (Lipinski definition) is 1. The van der Waals surface area contributed by atoms with Gasteiger partial charge in [0, 0.05) is 28.7 Å². The minimum atomic E-state index is -0.176. The van der Waals surface area contributed by atoms with Crippen LogP contribution >= 0.6 is 23.1 Å². The summed E-state index contributed by atoms with van der Waals surface area (Å²) in [5, 5.41) is 6.22. The molecule has 2 aromatic carbocycles. The molecule has 6 heteroatoms. The molecule has 1 amide bonds. The van der Waals surface area contributed by atoms with E-state index in [0.717, 1.165) is 34.3 Å². The number of benzene rings is 2. The SMILES string of the molecule is O=C(NC1CCOc2ccccc21)c1oc2ccccc2c1CSc1cccs1. The molecule has 4 nitrogen and oxygen atoms in total. The van der Waals surface area contributed by atoms with Crippen molar-refractivity contribution in [2.24, 2.45) is 0 Å². The number of fused-ring (bicyclic) bond motifs is 2. The van der Waals surface area contributed by atoms with E-state index in [1.165, 1.54) is 4.21 Å². The Bertz CT molecular complexity index is 1150. The van der Waals surface area contributed by atoms with Crippen molar-refractivity contribution in [3.8, 4) is 5.75 Å². The highest BCUT2D eigenvalue weighted by atomic mass is 32.2. The first-order valence-corrected chi connectivity index (χ1v) is 11.4. The van der Waals surface area contributed by atoms with Crippen molar-refractivity contribution in [2.45, 2.75) is 22.4 Å². The maximum atomic E-state index is 13.2. The van der Waals surface area contributed by atoms with Crippen LogP contribution in [0, 0.1) is 0 Å². The summed E-state index contributed by atoms with van der Waals surface area (Å²) in [5.41, 5.74) is 2.70. The van der Waals surface area contributed by atoms with E-state index >= 15 is 0 Å². The maximum Gasteiger partial charge on any atom is 0.287 e. The molecule has 0 saturated carbocycles. The van der Waals surface area contributed by atoms with Crippen LogP contribution in [0.3, 0.4) is 0 Å².